The van der Waals surface area contributed by atoms with Gasteiger partial charge in [-0.3, -0.25) is 4.79 Å². The largest absolute Gasteiger partial charge is 0.496 e. The molecule has 0 radical (unpaired) electrons. The van der Waals surface area contributed by atoms with Crippen LogP contribution in [0.15, 0.2) is 52.0 Å². The highest BCUT2D eigenvalue weighted by atomic mass is 32.2. The van der Waals surface area contributed by atoms with Crippen LogP contribution >= 0.6 is 0 Å². The summed E-state index contributed by atoms with van der Waals surface area (Å²) < 4.78 is 37.7. The number of methoxy groups -OCH3 is 1. The third-order valence-electron chi connectivity index (χ3n) is 4.99. The maximum absolute atomic E-state index is 13.3. The molecule has 29 heavy (non-hydrogen) atoms. The minimum atomic E-state index is -3.94. The van der Waals surface area contributed by atoms with Crippen LogP contribution in [0, 0.1) is 0 Å². The normalized spacial score (nSPS) is 17.5. The topological polar surface area (TPSA) is 115 Å². The van der Waals surface area contributed by atoms with Gasteiger partial charge in [0.15, 0.2) is 5.52 Å². The predicted octanol–water partition coefficient (Wildman–Crippen LogP) is 1.70. The number of benzene rings is 2. The summed E-state index contributed by atoms with van der Waals surface area (Å²) in [6.07, 6.45) is 1.04. The first-order valence-electron chi connectivity index (χ1n) is 9.15. The Balaban J connectivity index is 1.55. The fourth-order valence-electron chi connectivity index (χ4n) is 3.55. The predicted molar refractivity (Wildman–Crippen MR) is 104 cm³/mol. The molecule has 0 unspecified atom stereocenters. The zero-order valence-corrected chi connectivity index (χ0v) is 16.6. The van der Waals surface area contributed by atoms with Crippen molar-refractivity contribution in [1.82, 2.24) is 19.9 Å². The molecule has 0 saturated carbocycles. The van der Waals surface area contributed by atoms with E-state index in [1.807, 2.05) is 18.2 Å². The van der Waals surface area contributed by atoms with Gasteiger partial charge in [-0.1, -0.05) is 24.3 Å². The minimum absolute atomic E-state index is 0.0133. The average Bonchev–Trinajstić information content (AvgIpc) is 3.41. The van der Waals surface area contributed by atoms with Gasteiger partial charge >= 0.3 is 0 Å². The smallest absolute Gasteiger partial charge is 0.246 e. The van der Waals surface area contributed by atoms with Gasteiger partial charge in [0.2, 0.25) is 15.9 Å². The molecule has 1 N–H and O–H groups in total. The van der Waals surface area contributed by atoms with Gasteiger partial charge < -0.3 is 10.1 Å². The second-order valence-corrected chi connectivity index (χ2v) is 8.55. The third-order valence-corrected chi connectivity index (χ3v) is 6.93. The van der Waals surface area contributed by atoms with Crippen molar-refractivity contribution in [1.29, 1.82) is 0 Å². The molecule has 1 saturated heterocycles. The van der Waals surface area contributed by atoms with E-state index in [0.29, 0.717) is 24.1 Å². The van der Waals surface area contributed by atoms with Crippen LogP contribution in [-0.4, -0.2) is 48.6 Å². The molecule has 9 nitrogen and oxygen atoms in total. The maximum atomic E-state index is 13.3. The molecular formula is C19H20N4O5S. The number of para-hydroxylation sites is 1. The Bertz CT molecular complexity index is 1140. The van der Waals surface area contributed by atoms with Crippen LogP contribution in [-0.2, 0) is 21.4 Å². The highest BCUT2D eigenvalue weighted by molar-refractivity contribution is 7.89. The molecule has 1 amide bonds. The van der Waals surface area contributed by atoms with Crippen molar-refractivity contribution in [2.24, 2.45) is 0 Å². The Kier molecular flexibility index (Phi) is 5.20. The Morgan fingerprint density at radius 3 is 2.90 bits per heavy atom. The van der Waals surface area contributed by atoms with E-state index in [1.165, 1.54) is 10.4 Å². The van der Waals surface area contributed by atoms with Gasteiger partial charge in [0.05, 0.1) is 7.11 Å². The highest BCUT2D eigenvalue weighted by Gasteiger charge is 2.40. The number of aromatic nitrogens is 2. The number of carbonyl (C=O) groups is 1. The summed E-state index contributed by atoms with van der Waals surface area (Å²) in [5.41, 5.74) is 1.32. The molecular weight excluding hydrogens is 396 g/mol. The molecule has 1 aliphatic heterocycles. The molecule has 4 rings (SSSR count). The van der Waals surface area contributed by atoms with Crippen molar-refractivity contribution in [3.05, 3.63) is 48.0 Å². The number of fused-ring (bicyclic) bond motifs is 1. The minimum Gasteiger partial charge on any atom is -0.496 e. The summed E-state index contributed by atoms with van der Waals surface area (Å²) in [6.45, 7) is 0.507. The van der Waals surface area contributed by atoms with Crippen molar-refractivity contribution < 1.29 is 22.6 Å². The van der Waals surface area contributed by atoms with E-state index < -0.39 is 16.1 Å². The summed E-state index contributed by atoms with van der Waals surface area (Å²) >= 11 is 0. The first kappa shape index (κ1) is 19.3. The van der Waals surface area contributed by atoms with Crippen LogP contribution in [0.3, 0.4) is 0 Å². The van der Waals surface area contributed by atoms with Crippen molar-refractivity contribution in [3.8, 4) is 5.75 Å². The summed E-state index contributed by atoms with van der Waals surface area (Å²) in [7, 11) is -2.38. The molecule has 1 aliphatic rings. The van der Waals surface area contributed by atoms with Crippen LogP contribution in [0.5, 0.6) is 5.75 Å². The Labute approximate surface area is 167 Å². The lowest BCUT2D eigenvalue weighted by molar-refractivity contribution is -0.124. The van der Waals surface area contributed by atoms with Crippen LogP contribution in [0.1, 0.15) is 18.4 Å². The Morgan fingerprint density at radius 2 is 2.07 bits per heavy atom. The van der Waals surface area contributed by atoms with Crippen molar-refractivity contribution in [2.75, 3.05) is 13.7 Å². The first-order valence-corrected chi connectivity index (χ1v) is 10.6. The summed E-state index contributed by atoms with van der Waals surface area (Å²) in [5, 5.41) is 10.2. The Morgan fingerprint density at radius 1 is 1.24 bits per heavy atom. The van der Waals surface area contributed by atoms with Gasteiger partial charge in [0.25, 0.3) is 0 Å². The van der Waals surface area contributed by atoms with Gasteiger partial charge in [-0.05, 0) is 41.4 Å². The molecule has 2 heterocycles. The van der Waals surface area contributed by atoms with E-state index in [2.05, 4.69) is 20.3 Å². The van der Waals surface area contributed by atoms with E-state index in [1.54, 1.807) is 25.3 Å². The number of sulfonamides is 1. The van der Waals surface area contributed by atoms with Gasteiger partial charge in [0, 0.05) is 18.7 Å². The molecule has 0 bridgehead atoms. The molecule has 1 fully saturated rings. The lowest BCUT2D eigenvalue weighted by Crippen LogP contribution is -2.45. The lowest BCUT2D eigenvalue weighted by atomic mass is 10.2. The number of hydrogen-bond acceptors (Lipinski definition) is 7. The van der Waals surface area contributed by atoms with Crippen LogP contribution in [0.25, 0.3) is 11.0 Å². The lowest BCUT2D eigenvalue weighted by Gasteiger charge is -2.23. The van der Waals surface area contributed by atoms with E-state index >= 15 is 0 Å². The van der Waals surface area contributed by atoms with Gasteiger partial charge in [-0.15, -0.1) is 0 Å². The van der Waals surface area contributed by atoms with E-state index in [4.69, 9.17) is 4.74 Å². The maximum Gasteiger partial charge on any atom is 0.246 e. The van der Waals surface area contributed by atoms with Crippen LogP contribution in [0.4, 0.5) is 0 Å². The second-order valence-electron chi connectivity index (χ2n) is 6.69. The van der Waals surface area contributed by atoms with Crippen LogP contribution < -0.4 is 10.1 Å². The molecule has 10 heteroatoms. The van der Waals surface area contributed by atoms with E-state index in [-0.39, 0.29) is 29.4 Å². The highest BCUT2D eigenvalue weighted by Crippen LogP contribution is 2.29. The zero-order valence-electron chi connectivity index (χ0n) is 15.7. The van der Waals surface area contributed by atoms with Crippen molar-refractivity contribution >= 4 is 27.0 Å². The molecule has 0 aliphatic carbocycles. The van der Waals surface area contributed by atoms with Gasteiger partial charge in [0.1, 0.15) is 22.2 Å². The first-order chi connectivity index (χ1) is 14.0. The molecule has 1 atom stereocenters. The summed E-state index contributed by atoms with van der Waals surface area (Å²) in [6, 6.07) is 11.2. The summed E-state index contributed by atoms with van der Waals surface area (Å²) in [4.78, 5) is 12.8. The summed E-state index contributed by atoms with van der Waals surface area (Å²) in [5.74, 6) is 0.316. The zero-order chi connectivity index (χ0) is 20.4. The SMILES string of the molecule is COc1ccccc1CNC(=O)[C@@H]1CCCN1S(=O)(=O)c1cccc2nonc12. The van der Waals surface area contributed by atoms with Crippen molar-refractivity contribution in [3.63, 3.8) is 0 Å². The monoisotopic (exact) mass is 416 g/mol. The molecule has 1 aromatic heterocycles. The number of amides is 1. The third kappa shape index (κ3) is 3.56. The van der Waals surface area contributed by atoms with Gasteiger partial charge in [-0.25, -0.2) is 13.0 Å². The molecule has 0 spiro atoms. The fourth-order valence-corrected chi connectivity index (χ4v) is 5.35. The number of ether oxygens (including phenoxy) is 1. The fraction of sp³-hybridized carbons (Fsp3) is 0.316. The van der Waals surface area contributed by atoms with E-state index in [0.717, 1.165) is 5.56 Å². The number of carbonyl (C=O) groups excluding carboxylic acids is 1. The molecule has 3 aromatic rings. The number of hydrogen-bond donors (Lipinski definition) is 1. The van der Waals surface area contributed by atoms with E-state index in [9.17, 15) is 13.2 Å². The Hall–Kier alpha value is -2.98. The molecule has 152 valence electrons. The molecule has 2 aromatic carbocycles. The quantitative estimate of drug-likeness (QED) is 0.650. The van der Waals surface area contributed by atoms with Crippen molar-refractivity contribution in [2.45, 2.75) is 30.3 Å². The average molecular weight is 416 g/mol. The number of nitrogens with one attached hydrogen (secondary N) is 1. The van der Waals surface area contributed by atoms with Crippen LogP contribution in [0.2, 0.25) is 0 Å². The van der Waals surface area contributed by atoms with Gasteiger partial charge in [-0.2, -0.15) is 4.31 Å². The standard InChI is InChI=1S/C19H20N4O5S/c1-27-16-9-3-2-6-13(16)12-20-19(24)15-8-5-11-23(15)29(25,26)17-10-4-7-14-18(17)22-28-21-14/h2-4,6-7,9-10,15H,5,8,11-12H2,1H3,(H,20,24)/t15-/m0/s1. The number of nitrogens with zero attached hydrogens (tertiary/aromatic N) is 3. The number of rotatable bonds is 6. The second kappa shape index (κ2) is 7.80.